The molecule has 7 heteroatoms. The maximum Gasteiger partial charge on any atom is 0.405 e. The Hall–Kier alpha value is -0.820. The van der Waals surface area contributed by atoms with Gasteiger partial charge in [-0.2, -0.15) is 13.2 Å². The van der Waals surface area contributed by atoms with E-state index in [1.54, 1.807) is 0 Å². The molecule has 1 saturated heterocycles. The van der Waals surface area contributed by atoms with Crippen molar-refractivity contribution >= 4 is 5.91 Å². The van der Waals surface area contributed by atoms with Gasteiger partial charge in [-0.25, -0.2) is 0 Å². The Balaban J connectivity index is 2.33. The van der Waals surface area contributed by atoms with Gasteiger partial charge in [-0.15, -0.1) is 0 Å². The zero-order valence-electron chi connectivity index (χ0n) is 12.8. The van der Waals surface area contributed by atoms with E-state index in [0.717, 1.165) is 38.9 Å². The summed E-state index contributed by atoms with van der Waals surface area (Å²) in [7, 11) is 0. The molecule has 1 heterocycles. The number of hydrogen-bond acceptors (Lipinski definition) is 3. The van der Waals surface area contributed by atoms with Gasteiger partial charge >= 0.3 is 6.18 Å². The molecule has 124 valence electrons. The van der Waals surface area contributed by atoms with Crippen molar-refractivity contribution in [1.29, 1.82) is 0 Å². The van der Waals surface area contributed by atoms with Crippen molar-refractivity contribution in [3.8, 4) is 0 Å². The number of amides is 1. The molecular formula is C14H26F3N3O. The van der Waals surface area contributed by atoms with E-state index in [2.05, 4.69) is 19.2 Å². The highest BCUT2D eigenvalue weighted by atomic mass is 19.4. The highest BCUT2D eigenvalue weighted by Crippen LogP contribution is 2.19. The lowest BCUT2D eigenvalue weighted by Crippen LogP contribution is -2.48. The lowest BCUT2D eigenvalue weighted by Gasteiger charge is -2.35. The van der Waals surface area contributed by atoms with Crippen molar-refractivity contribution in [3.63, 3.8) is 0 Å². The number of hydrogen-bond donors (Lipinski definition) is 2. The molecule has 21 heavy (non-hydrogen) atoms. The molecule has 0 aromatic rings. The molecule has 2 atom stereocenters. The molecule has 1 aliphatic heterocycles. The zero-order chi connectivity index (χ0) is 15.9. The van der Waals surface area contributed by atoms with Crippen LogP contribution in [0, 0.1) is 5.92 Å². The van der Waals surface area contributed by atoms with Gasteiger partial charge in [0.1, 0.15) is 6.54 Å². The van der Waals surface area contributed by atoms with Gasteiger partial charge in [-0.05, 0) is 45.2 Å². The summed E-state index contributed by atoms with van der Waals surface area (Å²) in [6.45, 7) is 5.54. The second-order valence-electron chi connectivity index (χ2n) is 5.77. The van der Waals surface area contributed by atoms with Crippen molar-refractivity contribution in [1.82, 2.24) is 15.5 Å². The third-order valence-electron chi connectivity index (χ3n) is 3.82. The van der Waals surface area contributed by atoms with Crippen molar-refractivity contribution in [3.05, 3.63) is 0 Å². The average Bonchev–Trinajstić information content (AvgIpc) is 2.42. The van der Waals surface area contributed by atoms with Crippen LogP contribution < -0.4 is 10.6 Å². The number of nitrogens with zero attached hydrogens (tertiary/aromatic N) is 1. The Morgan fingerprint density at radius 3 is 2.76 bits per heavy atom. The molecule has 0 radical (unpaired) electrons. The number of alkyl halides is 3. The van der Waals surface area contributed by atoms with Crippen LogP contribution in [-0.4, -0.2) is 55.7 Å². The second-order valence-corrected chi connectivity index (χ2v) is 5.77. The Bertz CT molecular complexity index is 323. The van der Waals surface area contributed by atoms with Gasteiger partial charge in [0.15, 0.2) is 0 Å². The maximum absolute atomic E-state index is 12.0. The minimum absolute atomic E-state index is 0.0487. The normalized spacial score (nSPS) is 22.0. The molecule has 0 aromatic heterocycles. The molecular weight excluding hydrogens is 283 g/mol. The molecule has 4 nitrogen and oxygen atoms in total. The average molecular weight is 309 g/mol. The van der Waals surface area contributed by atoms with Crippen LogP contribution in [0.1, 0.15) is 33.1 Å². The standard InChI is InChI=1S/C14H26F3N3O/c1-3-6-18-11(2)12-5-4-7-20(8-12)9-13(21)19-10-14(15,16)17/h11-12,18H,3-10H2,1-2H3,(H,19,21). The molecule has 1 fully saturated rings. The van der Waals surface area contributed by atoms with E-state index >= 15 is 0 Å². The fourth-order valence-electron chi connectivity index (χ4n) is 2.64. The lowest BCUT2D eigenvalue weighted by molar-refractivity contribution is -0.139. The summed E-state index contributed by atoms with van der Waals surface area (Å²) in [5.41, 5.74) is 0. The number of likely N-dealkylation sites (tertiary alicyclic amines) is 1. The fourth-order valence-corrected chi connectivity index (χ4v) is 2.64. The van der Waals surface area contributed by atoms with Crippen molar-refractivity contribution < 1.29 is 18.0 Å². The van der Waals surface area contributed by atoms with Crippen LogP contribution in [0.5, 0.6) is 0 Å². The number of halogens is 3. The summed E-state index contributed by atoms with van der Waals surface area (Å²) in [6.07, 6.45) is -1.20. The van der Waals surface area contributed by atoms with Crippen LogP contribution in [0.25, 0.3) is 0 Å². The predicted molar refractivity (Wildman–Crippen MR) is 76.0 cm³/mol. The van der Waals surface area contributed by atoms with E-state index < -0.39 is 18.6 Å². The molecule has 0 saturated carbocycles. The summed E-state index contributed by atoms with van der Waals surface area (Å²) < 4.78 is 36.1. The largest absolute Gasteiger partial charge is 0.405 e. The Morgan fingerprint density at radius 2 is 2.14 bits per heavy atom. The third-order valence-corrected chi connectivity index (χ3v) is 3.82. The first-order chi connectivity index (χ1) is 9.81. The van der Waals surface area contributed by atoms with Crippen LogP contribution in [0.4, 0.5) is 13.2 Å². The Morgan fingerprint density at radius 1 is 1.43 bits per heavy atom. The van der Waals surface area contributed by atoms with E-state index in [9.17, 15) is 18.0 Å². The first kappa shape index (κ1) is 18.2. The molecule has 1 amide bonds. The van der Waals surface area contributed by atoms with Crippen LogP contribution in [-0.2, 0) is 4.79 Å². The Kier molecular flexibility index (Phi) is 7.45. The van der Waals surface area contributed by atoms with Crippen LogP contribution >= 0.6 is 0 Å². The summed E-state index contributed by atoms with van der Waals surface area (Å²) in [5, 5.41) is 5.37. The molecule has 1 aliphatic rings. The van der Waals surface area contributed by atoms with Gasteiger partial charge in [0.05, 0.1) is 6.54 Å². The third kappa shape index (κ3) is 7.66. The summed E-state index contributed by atoms with van der Waals surface area (Å²) >= 11 is 0. The molecule has 0 spiro atoms. The number of rotatable bonds is 7. The molecule has 2 unspecified atom stereocenters. The number of carbonyl (C=O) groups excluding carboxylic acids is 1. The van der Waals surface area contributed by atoms with E-state index in [1.807, 2.05) is 10.2 Å². The summed E-state index contributed by atoms with van der Waals surface area (Å²) in [6, 6.07) is 0.367. The molecule has 2 N–H and O–H groups in total. The quantitative estimate of drug-likeness (QED) is 0.753. The first-order valence-corrected chi connectivity index (χ1v) is 7.61. The highest BCUT2D eigenvalue weighted by molar-refractivity contribution is 5.78. The van der Waals surface area contributed by atoms with Crippen molar-refractivity contribution in [2.75, 3.05) is 32.7 Å². The van der Waals surface area contributed by atoms with E-state index in [-0.39, 0.29) is 6.54 Å². The van der Waals surface area contributed by atoms with E-state index in [1.165, 1.54) is 0 Å². The fraction of sp³-hybridized carbons (Fsp3) is 0.929. The lowest BCUT2D eigenvalue weighted by atomic mass is 9.91. The molecule has 1 rings (SSSR count). The number of carbonyl (C=O) groups is 1. The minimum Gasteiger partial charge on any atom is -0.346 e. The minimum atomic E-state index is -4.35. The van der Waals surface area contributed by atoms with Crippen molar-refractivity contribution in [2.24, 2.45) is 5.92 Å². The monoisotopic (exact) mass is 309 g/mol. The molecule has 0 aliphatic carbocycles. The second kappa shape index (κ2) is 8.58. The van der Waals surface area contributed by atoms with Gasteiger partial charge in [0, 0.05) is 12.6 Å². The van der Waals surface area contributed by atoms with Crippen molar-refractivity contribution in [2.45, 2.75) is 45.3 Å². The van der Waals surface area contributed by atoms with E-state index in [4.69, 9.17) is 0 Å². The zero-order valence-corrected chi connectivity index (χ0v) is 12.8. The van der Waals surface area contributed by atoms with Crippen LogP contribution in [0.2, 0.25) is 0 Å². The molecule has 0 bridgehead atoms. The van der Waals surface area contributed by atoms with Gasteiger partial charge in [0.25, 0.3) is 0 Å². The van der Waals surface area contributed by atoms with Crippen LogP contribution in [0.3, 0.4) is 0 Å². The van der Waals surface area contributed by atoms with Gasteiger partial charge in [-0.3, -0.25) is 9.69 Å². The van der Waals surface area contributed by atoms with Gasteiger partial charge < -0.3 is 10.6 Å². The molecule has 0 aromatic carbocycles. The SMILES string of the molecule is CCCNC(C)C1CCCN(CC(=O)NCC(F)(F)F)C1. The van der Waals surface area contributed by atoms with Crippen LogP contribution in [0.15, 0.2) is 0 Å². The predicted octanol–water partition coefficient (Wildman–Crippen LogP) is 1.76. The highest BCUT2D eigenvalue weighted by Gasteiger charge is 2.29. The topological polar surface area (TPSA) is 44.4 Å². The Labute approximate surface area is 124 Å². The summed E-state index contributed by atoms with van der Waals surface area (Å²) in [5.74, 6) is -0.108. The first-order valence-electron chi connectivity index (χ1n) is 7.61. The van der Waals surface area contributed by atoms with Gasteiger partial charge in [0.2, 0.25) is 5.91 Å². The number of nitrogens with one attached hydrogen (secondary N) is 2. The smallest absolute Gasteiger partial charge is 0.346 e. The number of piperidine rings is 1. The maximum atomic E-state index is 12.0. The van der Waals surface area contributed by atoms with Gasteiger partial charge in [-0.1, -0.05) is 6.92 Å². The summed E-state index contributed by atoms with van der Waals surface area (Å²) in [4.78, 5) is 13.5. The van der Waals surface area contributed by atoms with E-state index in [0.29, 0.717) is 12.0 Å².